The van der Waals surface area contributed by atoms with Gasteiger partial charge >= 0.3 is 0 Å². The summed E-state index contributed by atoms with van der Waals surface area (Å²) in [5.74, 6) is -0.797. The zero-order chi connectivity index (χ0) is 19.5. The zero-order valence-electron chi connectivity index (χ0n) is 15.5. The minimum absolute atomic E-state index is 0.0426. The van der Waals surface area contributed by atoms with Crippen molar-refractivity contribution in [2.45, 2.75) is 44.8 Å². The summed E-state index contributed by atoms with van der Waals surface area (Å²) in [6, 6.07) is 5.54. The lowest BCUT2D eigenvalue weighted by atomic mass is 10.1. The van der Waals surface area contributed by atoms with Gasteiger partial charge in [0.15, 0.2) is 11.5 Å². The summed E-state index contributed by atoms with van der Waals surface area (Å²) < 4.78 is 20.4. The number of rotatable bonds is 5. The fourth-order valence-electron chi connectivity index (χ4n) is 3.71. The van der Waals surface area contributed by atoms with Crippen molar-refractivity contribution in [3.05, 3.63) is 47.3 Å². The molecule has 2 amide bonds. The molecule has 2 aliphatic rings. The molecule has 7 nitrogen and oxygen atoms in total. The molecule has 2 aliphatic heterocycles. The van der Waals surface area contributed by atoms with Crippen molar-refractivity contribution in [1.82, 2.24) is 14.9 Å². The van der Waals surface area contributed by atoms with Crippen LogP contribution in [0, 0.1) is 5.82 Å². The number of ether oxygens (including phenoxy) is 1. The molecule has 1 saturated heterocycles. The number of fused-ring (bicyclic) bond motifs is 1. The van der Waals surface area contributed by atoms with Gasteiger partial charge in [0, 0.05) is 25.4 Å². The fraction of sp³-hybridized carbons (Fsp3) is 0.450. The van der Waals surface area contributed by atoms with Crippen LogP contribution < -0.4 is 10.6 Å². The number of carbonyl (C=O) groups is 2. The Morgan fingerprint density at radius 1 is 1.18 bits per heavy atom. The second-order valence-corrected chi connectivity index (χ2v) is 7.15. The van der Waals surface area contributed by atoms with Crippen molar-refractivity contribution >= 4 is 17.5 Å². The highest BCUT2D eigenvalue weighted by atomic mass is 19.1. The smallest absolute Gasteiger partial charge is 0.287 e. The summed E-state index contributed by atoms with van der Waals surface area (Å²) in [5, 5.41) is 5.61. The van der Waals surface area contributed by atoms with Gasteiger partial charge in [-0.25, -0.2) is 9.37 Å². The molecule has 4 rings (SSSR count). The largest absolute Gasteiger partial charge is 0.376 e. The summed E-state index contributed by atoms with van der Waals surface area (Å²) >= 11 is 0. The normalized spacial score (nSPS) is 18.5. The summed E-state index contributed by atoms with van der Waals surface area (Å²) in [4.78, 5) is 29.8. The van der Waals surface area contributed by atoms with E-state index in [4.69, 9.17) is 4.74 Å². The van der Waals surface area contributed by atoms with Gasteiger partial charge in [0.2, 0.25) is 0 Å². The first-order chi connectivity index (χ1) is 13.6. The number of carbonyl (C=O) groups excluding carboxylic acids is 2. The predicted molar refractivity (Wildman–Crippen MR) is 101 cm³/mol. The average Bonchev–Trinajstić information content (AvgIpc) is 3.36. The Morgan fingerprint density at radius 3 is 2.75 bits per heavy atom. The molecule has 0 bridgehead atoms. The molecule has 0 aliphatic carbocycles. The molecule has 1 aromatic heterocycles. The first-order valence-electron chi connectivity index (χ1n) is 9.68. The van der Waals surface area contributed by atoms with E-state index in [2.05, 4.69) is 15.6 Å². The van der Waals surface area contributed by atoms with Crippen LogP contribution in [0.5, 0.6) is 0 Å². The number of amides is 2. The van der Waals surface area contributed by atoms with E-state index in [1.54, 1.807) is 0 Å². The maximum absolute atomic E-state index is 13.1. The fourth-order valence-corrected chi connectivity index (χ4v) is 3.71. The molecule has 3 heterocycles. The molecule has 1 unspecified atom stereocenters. The predicted octanol–water partition coefficient (Wildman–Crippen LogP) is 2.52. The second kappa shape index (κ2) is 8.10. The van der Waals surface area contributed by atoms with E-state index >= 15 is 0 Å². The van der Waals surface area contributed by atoms with Crippen LogP contribution in [0.2, 0.25) is 0 Å². The highest BCUT2D eigenvalue weighted by molar-refractivity contribution is 6.05. The summed E-state index contributed by atoms with van der Waals surface area (Å²) in [6.07, 6.45) is 4.56. The van der Waals surface area contributed by atoms with Gasteiger partial charge in [0.05, 0.1) is 11.8 Å². The lowest BCUT2D eigenvalue weighted by molar-refractivity contribution is 0.0845. The SMILES string of the molecule is O=C(Nc1ccc(F)cc1)c1nc(C(=O)NCC2CCCO2)n2c1CCCC2. The van der Waals surface area contributed by atoms with Gasteiger partial charge < -0.3 is 19.9 Å². The third-order valence-corrected chi connectivity index (χ3v) is 5.15. The molecular formula is C20H23FN4O3. The van der Waals surface area contributed by atoms with E-state index in [0.717, 1.165) is 38.0 Å². The minimum atomic E-state index is -0.393. The van der Waals surface area contributed by atoms with Gasteiger partial charge in [0.1, 0.15) is 5.82 Å². The maximum Gasteiger partial charge on any atom is 0.287 e. The Hall–Kier alpha value is -2.74. The maximum atomic E-state index is 13.1. The first kappa shape index (κ1) is 18.6. The Balaban J connectivity index is 1.53. The quantitative estimate of drug-likeness (QED) is 0.827. The van der Waals surface area contributed by atoms with Crippen molar-refractivity contribution < 1.29 is 18.7 Å². The monoisotopic (exact) mass is 386 g/mol. The zero-order valence-corrected chi connectivity index (χ0v) is 15.5. The second-order valence-electron chi connectivity index (χ2n) is 7.15. The van der Waals surface area contributed by atoms with Crippen LogP contribution >= 0.6 is 0 Å². The van der Waals surface area contributed by atoms with E-state index in [9.17, 15) is 14.0 Å². The molecule has 28 heavy (non-hydrogen) atoms. The molecule has 1 atom stereocenters. The molecule has 2 aromatic rings. The van der Waals surface area contributed by atoms with Crippen molar-refractivity contribution in [2.75, 3.05) is 18.5 Å². The summed E-state index contributed by atoms with van der Waals surface area (Å²) in [5.41, 5.74) is 1.51. The van der Waals surface area contributed by atoms with Gasteiger partial charge in [-0.05, 0) is 56.4 Å². The molecule has 8 heteroatoms. The van der Waals surface area contributed by atoms with Gasteiger partial charge in [-0.2, -0.15) is 0 Å². The number of imidazole rings is 1. The molecule has 1 fully saturated rings. The van der Waals surface area contributed by atoms with Crippen LogP contribution in [0.1, 0.15) is 52.5 Å². The van der Waals surface area contributed by atoms with Crippen LogP contribution in [0.25, 0.3) is 0 Å². The van der Waals surface area contributed by atoms with E-state index < -0.39 is 5.91 Å². The van der Waals surface area contributed by atoms with Crippen LogP contribution in [0.4, 0.5) is 10.1 Å². The lowest BCUT2D eigenvalue weighted by Crippen LogP contribution is -2.34. The molecular weight excluding hydrogens is 363 g/mol. The number of aromatic nitrogens is 2. The number of benzene rings is 1. The Bertz CT molecular complexity index is 872. The Kier molecular flexibility index (Phi) is 5.38. The molecule has 148 valence electrons. The van der Waals surface area contributed by atoms with Crippen LogP contribution in [-0.4, -0.2) is 40.6 Å². The number of hydrogen-bond acceptors (Lipinski definition) is 4. The van der Waals surface area contributed by atoms with Crippen molar-refractivity contribution in [3.8, 4) is 0 Å². The number of anilines is 1. The van der Waals surface area contributed by atoms with Gasteiger partial charge in [-0.3, -0.25) is 9.59 Å². The first-order valence-corrected chi connectivity index (χ1v) is 9.68. The average molecular weight is 386 g/mol. The third-order valence-electron chi connectivity index (χ3n) is 5.15. The Morgan fingerprint density at radius 2 is 2.00 bits per heavy atom. The molecule has 0 spiro atoms. The highest BCUT2D eigenvalue weighted by Gasteiger charge is 2.28. The van der Waals surface area contributed by atoms with Crippen molar-refractivity contribution in [3.63, 3.8) is 0 Å². The van der Waals surface area contributed by atoms with E-state index in [0.29, 0.717) is 25.2 Å². The topological polar surface area (TPSA) is 85.2 Å². The number of nitrogens with zero attached hydrogens (tertiary/aromatic N) is 2. The highest BCUT2D eigenvalue weighted by Crippen LogP contribution is 2.22. The van der Waals surface area contributed by atoms with Gasteiger partial charge in [-0.15, -0.1) is 0 Å². The standard InChI is InChI=1S/C20H23FN4O3/c21-13-6-8-14(9-7-13)23-19(26)17-16-5-1-2-10-25(16)18(24-17)20(27)22-12-15-4-3-11-28-15/h6-9,15H,1-5,10-12H2,(H,22,27)(H,23,26). The van der Waals surface area contributed by atoms with E-state index in [1.165, 1.54) is 24.3 Å². The molecule has 0 saturated carbocycles. The van der Waals surface area contributed by atoms with Crippen LogP contribution in [-0.2, 0) is 17.7 Å². The number of nitrogens with one attached hydrogen (secondary N) is 2. The van der Waals surface area contributed by atoms with Crippen LogP contribution in [0.15, 0.2) is 24.3 Å². The molecule has 0 radical (unpaired) electrons. The summed E-state index contributed by atoms with van der Waals surface area (Å²) in [7, 11) is 0. The third kappa shape index (κ3) is 3.91. The minimum Gasteiger partial charge on any atom is -0.376 e. The summed E-state index contributed by atoms with van der Waals surface area (Å²) in [6.45, 7) is 1.83. The molecule has 2 N–H and O–H groups in total. The van der Waals surface area contributed by atoms with Crippen molar-refractivity contribution in [2.24, 2.45) is 0 Å². The number of halogens is 1. The van der Waals surface area contributed by atoms with Crippen molar-refractivity contribution in [1.29, 1.82) is 0 Å². The lowest BCUT2D eigenvalue weighted by Gasteiger charge is -2.17. The van der Waals surface area contributed by atoms with E-state index in [-0.39, 0.29) is 29.3 Å². The van der Waals surface area contributed by atoms with E-state index in [1.807, 2.05) is 4.57 Å². The van der Waals surface area contributed by atoms with Gasteiger partial charge in [0.25, 0.3) is 11.8 Å². The van der Waals surface area contributed by atoms with Gasteiger partial charge in [-0.1, -0.05) is 0 Å². The molecule has 1 aromatic carbocycles. The number of hydrogen-bond donors (Lipinski definition) is 2. The Labute approximate surface area is 162 Å². The van der Waals surface area contributed by atoms with Crippen LogP contribution in [0.3, 0.4) is 0 Å².